The number of nitrogens with zero attached hydrogens (tertiary/aromatic N) is 4. The van der Waals surface area contributed by atoms with Gasteiger partial charge in [-0.2, -0.15) is 55.9 Å². The summed E-state index contributed by atoms with van der Waals surface area (Å²) in [6, 6.07) is 52.5. The second kappa shape index (κ2) is 36.2. The predicted molar refractivity (Wildman–Crippen MR) is 330 cm³/mol. The van der Waals surface area contributed by atoms with E-state index in [-0.39, 0.29) is 47.7 Å². The van der Waals surface area contributed by atoms with Gasteiger partial charge in [0.1, 0.15) is 24.7 Å². The van der Waals surface area contributed by atoms with Gasteiger partial charge in [-0.3, -0.25) is 9.59 Å². The van der Waals surface area contributed by atoms with Crippen LogP contribution in [0.3, 0.4) is 0 Å². The summed E-state index contributed by atoms with van der Waals surface area (Å²) in [5, 5.41) is 21.3. The molecule has 6 aromatic rings. The highest BCUT2D eigenvalue weighted by atomic mass is 32.2. The summed E-state index contributed by atoms with van der Waals surface area (Å²) in [5.74, 6) is -2.43. The van der Waals surface area contributed by atoms with Crippen molar-refractivity contribution < 1.29 is 95.7 Å². The van der Waals surface area contributed by atoms with E-state index >= 15 is 0 Å². The highest BCUT2D eigenvalue weighted by molar-refractivity contribution is 7.97. The van der Waals surface area contributed by atoms with Gasteiger partial charge in [0, 0.05) is 37.1 Å². The monoisotopic (exact) mass is 1370 g/mol. The minimum atomic E-state index is -6.00. The first-order valence-electron chi connectivity index (χ1n) is 28.6. The van der Waals surface area contributed by atoms with E-state index in [0.717, 1.165) is 32.0 Å². The lowest BCUT2D eigenvalue weighted by Gasteiger charge is -2.20. The van der Waals surface area contributed by atoms with E-state index in [4.69, 9.17) is 14.2 Å². The Morgan fingerprint density at radius 2 is 0.777 bits per heavy atom. The number of ether oxygens (including phenoxy) is 6. The number of nitriles is 2. The number of benzene rings is 6. The van der Waals surface area contributed by atoms with Crippen LogP contribution in [0.15, 0.2) is 185 Å². The third-order valence-corrected chi connectivity index (χ3v) is 18.1. The number of azo groups is 1. The molecule has 0 bridgehead atoms. The van der Waals surface area contributed by atoms with Gasteiger partial charge in [-0.15, -0.1) is 0 Å². The Bertz CT molecular complexity index is 3400. The van der Waals surface area contributed by atoms with Crippen molar-refractivity contribution in [2.75, 3.05) is 39.6 Å². The number of rotatable bonds is 28. The molecule has 0 amide bonds. The van der Waals surface area contributed by atoms with Crippen molar-refractivity contribution in [2.45, 2.75) is 145 Å². The highest BCUT2D eigenvalue weighted by Gasteiger charge is 2.40. The molecule has 0 radical (unpaired) electrons. The van der Waals surface area contributed by atoms with Crippen LogP contribution in [0.2, 0.25) is 0 Å². The molecule has 0 aliphatic carbocycles. The molecule has 0 aliphatic heterocycles. The third kappa shape index (κ3) is 26.4. The van der Waals surface area contributed by atoms with Crippen LogP contribution < -0.4 is 9.47 Å². The number of esters is 4. The number of halogens is 8. The van der Waals surface area contributed by atoms with Gasteiger partial charge in [-0.1, -0.05) is 72.8 Å². The van der Waals surface area contributed by atoms with Crippen molar-refractivity contribution in [1.29, 1.82) is 10.5 Å². The zero-order valence-corrected chi connectivity index (χ0v) is 54.6. The molecular weight excluding hydrogens is 1300 g/mol. The topological polar surface area (TPSA) is 253 Å². The second-order valence-corrected chi connectivity index (χ2v) is 26.5. The molecule has 6 aromatic carbocycles. The summed E-state index contributed by atoms with van der Waals surface area (Å²) in [6.07, 6.45) is -12.2. The van der Waals surface area contributed by atoms with E-state index in [2.05, 4.69) is 73.0 Å². The fourth-order valence-electron chi connectivity index (χ4n) is 8.17. The van der Waals surface area contributed by atoms with E-state index < -0.39 is 115 Å². The van der Waals surface area contributed by atoms with Crippen molar-refractivity contribution >= 4 is 55.8 Å². The van der Waals surface area contributed by atoms with Gasteiger partial charge >= 0.3 is 41.5 Å². The molecule has 0 aromatic heterocycles. The first-order valence-corrected chi connectivity index (χ1v) is 32.5. The summed E-state index contributed by atoms with van der Waals surface area (Å²) in [5.41, 5.74) is 0.254. The van der Waals surface area contributed by atoms with E-state index in [0.29, 0.717) is 11.5 Å². The Morgan fingerprint density at radius 1 is 0.479 bits per heavy atom. The van der Waals surface area contributed by atoms with Crippen LogP contribution in [0.5, 0.6) is 11.5 Å². The molecule has 0 spiro atoms. The first kappa shape index (κ1) is 77.9. The number of carbonyl (C=O) groups excluding carboxylic acids is 4. The van der Waals surface area contributed by atoms with Gasteiger partial charge in [0.25, 0.3) is 0 Å². The molecule has 94 heavy (non-hydrogen) atoms. The van der Waals surface area contributed by atoms with E-state index in [1.165, 1.54) is 33.4 Å². The minimum absolute atomic E-state index is 0.0475. The molecule has 0 N–H and O–H groups in total. The fraction of sp³-hybridized carbons (Fsp3) is 0.364. The van der Waals surface area contributed by atoms with Crippen LogP contribution in [0, 0.1) is 50.4 Å². The molecule has 0 saturated carbocycles. The highest BCUT2D eigenvalue weighted by Crippen LogP contribution is 2.38. The van der Waals surface area contributed by atoms with Gasteiger partial charge in [-0.05, 0) is 132 Å². The van der Waals surface area contributed by atoms with E-state index in [1.807, 2.05) is 131 Å². The average Bonchev–Trinajstić information content (AvgIpc) is 0.822. The summed E-state index contributed by atoms with van der Waals surface area (Å²) in [6.45, 7) is 7.69. The Balaban J connectivity index is 0.000000301. The van der Waals surface area contributed by atoms with Gasteiger partial charge in [-0.25, -0.2) is 18.0 Å². The summed E-state index contributed by atoms with van der Waals surface area (Å²) >= 11 is 0. The lowest BCUT2D eigenvalue weighted by atomic mass is 9.97. The molecule has 0 fully saturated rings. The smallest absolute Gasteiger partial charge is 0.392 e. The van der Waals surface area contributed by atoms with Crippen LogP contribution in [0.25, 0.3) is 0 Å². The Kier molecular flexibility index (Phi) is 30.0. The van der Waals surface area contributed by atoms with Crippen molar-refractivity contribution in [3.8, 4) is 23.6 Å². The molecule has 2 unspecified atom stereocenters. The average molecular weight is 1370 g/mol. The maximum atomic E-state index is 13.0. The number of aryl methyl sites for hydroxylation is 4. The van der Waals surface area contributed by atoms with Crippen LogP contribution in [0.1, 0.15) is 81.5 Å². The molecule has 0 aliphatic rings. The van der Waals surface area contributed by atoms with Crippen LogP contribution in [0.4, 0.5) is 35.1 Å². The van der Waals surface area contributed by atoms with Crippen LogP contribution in [-0.4, -0.2) is 105 Å². The lowest BCUT2D eigenvalue weighted by molar-refractivity contribution is -0.162. The number of alkyl halides is 8. The number of hydrogen-bond acceptors (Lipinski definition) is 17. The zero-order chi connectivity index (χ0) is 69.9. The van der Waals surface area contributed by atoms with E-state index in [1.54, 1.807) is 13.0 Å². The zero-order valence-electron chi connectivity index (χ0n) is 52.2. The largest absolute Gasteiger partial charge is 0.743 e. The molecule has 2 atom stereocenters. The van der Waals surface area contributed by atoms with Crippen LogP contribution in [-0.2, 0) is 70.0 Å². The van der Waals surface area contributed by atoms with E-state index in [9.17, 15) is 77.8 Å². The number of carbonyl (C=O) groups is 4. The second-order valence-electron chi connectivity index (χ2n) is 20.9. The Labute approximate surface area is 545 Å². The van der Waals surface area contributed by atoms with Gasteiger partial charge < -0.3 is 33.0 Å². The van der Waals surface area contributed by atoms with Crippen molar-refractivity contribution in [2.24, 2.45) is 10.2 Å². The quantitative estimate of drug-likeness (QED) is 0.0111. The predicted octanol–water partition coefficient (Wildman–Crippen LogP) is 14.4. The third-order valence-electron chi connectivity index (χ3n) is 12.9. The summed E-state index contributed by atoms with van der Waals surface area (Å²) in [4.78, 5) is 53.4. The molecular formula is C66H69F8N4O13S3+. The normalized spacial score (nSPS) is 12.9. The van der Waals surface area contributed by atoms with Gasteiger partial charge in [0.15, 0.2) is 70.4 Å². The first-order chi connectivity index (χ1) is 44.1. The Hall–Kier alpha value is -8.57. The maximum absolute atomic E-state index is 13.0. The Morgan fingerprint density at radius 3 is 1.04 bits per heavy atom. The molecule has 0 heterocycles. The maximum Gasteiger partial charge on any atom is 0.392 e. The molecule has 6 rings (SSSR count). The van der Waals surface area contributed by atoms with Crippen molar-refractivity contribution in [3.05, 3.63) is 168 Å². The lowest BCUT2D eigenvalue weighted by Crippen LogP contribution is -2.35. The number of hydrogen-bond donors (Lipinski definition) is 0. The summed E-state index contributed by atoms with van der Waals surface area (Å²) < 4.78 is 159. The molecule has 28 heteroatoms. The van der Waals surface area contributed by atoms with Crippen molar-refractivity contribution in [3.63, 3.8) is 0 Å². The minimum Gasteiger partial charge on any atom is -0.743 e. The fourth-order valence-corrected chi connectivity index (χ4v) is 12.9. The van der Waals surface area contributed by atoms with Gasteiger partial charge in [0.2, 0.25) is 0 Å². The summed E-state index contributed by atoms with van der Waals surface area (Å²) in [7, 11) is -6.64. The molecule has 17 nitrogen and oxygen atoms in total. The molecule has 0 saturated heterocycles. The van der Waals surface area contributed by atoms with Gasteiger partial charge in [0.05, 0.1) is 53.4 Å². The molecule has 504 valence electrons. The van der Waals surface area contributed by atoms with Crippen molar-refractivity contribution in [1.82, 2.24) is 0 Å². The SMILES string of the molecule is CCOC(=O)CCC(C)(C#N)N=NC(C)(C#N)CCC(=O)OCC(F)(F)S(=O)(=O)[O-].Cc1cc([S+](c2ccccc2)c2ccccc2)cc(C)c1OCC(=O)OCCC(F)(F)F.Cc1cc([S+](c2ccccc2)c2ccccc2)cc(C)c1OCC(=O)OCCC(F)(F)F. The standard InChI is InChI=1S/2C25H24F3O3S.C16H22F2N4O7S/c2*1-18-15-22(32(20-9-5-3-6-10-20)21-11-7-4-8-12-21)16-19(2)24(18)31-17-23(29)30-14-13-25(26,27)28;1-4-28-12(23)5-7-14(2,9-19)21-22-15(3,10-20)8-6-13(24)29-11-16(17,18)30(25,26)27/h2*3-12,15-16H,13-14,17H2,1-2H3;4-8,11H2,1-3H3,(H,25,26,27)/q2*+1;/p-1. The van der Waals surface area contributed by atoms with Crippen LogP contribution >= 0.6 is 0 Å².